The summed E-state index contributed by atoms with van der Waals surface area (Å²) in [5.41, 5.74) is 5.29. The molecule has 0 fully saturated rings. The van der Waals surface area contributed by atoms with E-state index in [1.165, 1.54) is 0 Å². The van der Waals surface area contributed by atoms with E-state index in [0.29, 0.717) is 0 Å². The molecule has 2 atom stereocenters. The smallest absolute Gasteiger partial charge is 0.263 e. The minimum atomic E-state index is -0.690. The molecule has 0 aromatic heterocycles. The first-order chi connectivity index (χ1) is 6.16. The minimum absolute atomic E-state index is 0.00338. The molecule has 4 N–H and O–H groups in total. The molecule has 68 valence electrons. The highest BCUT2D eigenvalue weighted by atomic mass is 16.2. The molecule has 2 amide bonds. The summed E-state index contributed by atoms with van der Waals surface area (Å²) in [7, 11) is 0. The van der Waals surface area contributed by atoms with Crippen molar-refractivity contribution in [1.29, 1.82) is 0 Å². The van der Waals surface area contributed by atoms with Crippen molar-refractivity contribution in [2.24, 2.45) is 15.7 Å². The molecule has 0 bridgehead atoms. The summed E-state index contributed by atoms with van der Waals surface area (Å²) in [6.45, 7) is 0. The summed E-state index contributed by atoms with van der Waals surface area (Å²) in [5, 5.41) is 4.78. The van der Waals surface area contributed by atoms with Crippen LogP contribution in [0.3, 0.4) is 0 Å². The zero-order valence-electron chi connectivity index (χ0n) is 6.52. The molecule has 0 unspecified atom stereocenters. The molecule has 2 rings (SSSR count). The van der Waals surface area contributed by atoms with Crippen LogP contribution in [0.15, 0.2) is 9.98 Å². The van der Waals surface area contributed by atoms with Crippen LogP contribution in [0.4, 0.5) is 0 Å². The topological polar surface area (TPSA) is 109 Å². The fourth-order valence-electron chi connectivity index (χ4n) is 1.19. The summed E-state index contributed by atoms with van der Waals surface area (Å²) >= 11 is 0. The van der Waals surface area contributed by atoms with E-state index in [4.69, 9.17) is 5.73 Å². The maximum Gasteiger partial charge on any atom is 0.263 e. The first kappa shape index (κ1) is 7.71. The molecule has 2 aliphatic heterocycles. The van der Waals surface area contributed by atoms with Gasteiger partial charge in [-0.2, -0.15) is 0 Å². The van der Waals surface area contributed by atoms with E-state index in [1.807, 2.05) is 0 Å². The van der Waals surface area contributed by atoms with Gasteiger partial charge in [-0.3, -0.25) is 19.9 Å². The summed E-state index contributed by atoms with van der Waals surface area (Å²) in [6.07, 6.45) is 0.406. The van der Waals surface area contributed by atoms with Crippen LogP contribution in [-0.2, 0) is 9.59 Å². The van der Waals surface area contributed by atoms with Crippen molar-refractivity contribution < 1.29 is 9.59 Å². The third kappa shape index (κ3) is 1.24. The van der Waals surface area contributed by atoms with Crippen LogP contribution in [0.5, 0.6) is 0 Å². The maximum absolute atomic E-state index is 11.2. The highest BCUT2D eigenvalue weighted by Crippen LogP contribution is 2.07. The summed E-state index contributed by atoms with van der Waals surface area (Å²) in [5.74, 6) is -0.718. The van der Waals surface area contributed by atoms with Gasteiger partial charge in [0.05, 0.1) is 6.21 Å². The van der Waals surface area contributed by atoms with Gasteiger partial charge in [0, 0.05) is 0 Å². The van der Waals surface area contributed by atoms with E-state index in [2.05, 4.69) is 20.6 Å². The van der Waals surface area contributed by atoms with E-state index in [0.717, 1.165) is 6.21 Å². The van der Waals surface area contributed by atoms with Gasteiger partial charge < -0.3 is 11.1 Å². The lowest BCUT2D eigenvalue weighted by molar-refractivity contribution is -0.123. The normalized spacial score (nSPS) is 31.5. The Kier molecular flexibility index (Phi) is 1.51. The van der Waals surface area contributed by atoms with Crippen molar-refractivity contribution in [3.8, 4) is 0 Å². The monoisotopic (exact) mass is 181 g/mol. The number of nitrogens with one attached hydrogen (secondary N) is 2. The first-order valence-electron chi connectivity index (χ1n) is 3.64. The Labute approximate surface area is 73.1 Å². The van der Waals surface area contributed by atoms with Crippen LogP contribution in [0.1, 0.15) is 0 Å². The third-order valence-corrected chi connectivity index (χ3v) is 1.74. The van der Waals surface area contributed by atoms with Crippen molar-refractivity contribution in [2.75, 3.05) is 0 Å². The second-order valence-electron chi connectivity index (χ2n) is 2.68. The van der Waals surface area contributed by atoms with Gasteiger partial charge in [0.2, 0.25) is 0 Å². The number of carbonyl (C=O) groups is 2. The van der Waals surface area contributed by atoms with E-state index in [1.54, 1.807) is 0 Å². The van der Waals surface area contributed by atoms with E-state index in [-0.39, 0.29) is 17.8 Å². The second kappa shape index (κ2) is 2.54. The Morgan fingerprint density at radius 3 is 3.00 bits per heavy atom. The van der Waals surface area contributed by atoms with Crippen molar-refractivity contribution in [1.82, 2.24) is 10.6 Å². The van der Waals surface area contributed by atoms with E-state index < -0.39 is 12.2 Å². The molecule has 0 saturated heterocycles. The molecule has 0 spiro atoms. The fraction of sp³-hybridized carbons (Fsp3) is 0.333. The minimum Gasteiger partial charge on any atom is -0.370 e. The van der Waals surface area contributed by atoms with Crippen molar-refractivity contribution in [3.63, 3.8) is 0 Å². The molecule has 0 aliphatic carbocycles. The lowest BCUT2D eigenvalue weighted by atomic mass is 10.1. The Hall–Kier alpha value is -1.92. The SMILES string of the molecule is NC1=N[C@H]2NC(=O)C=N[C@@H]2C(=O)N1. The van der Waals surface area contributed by atoms with Crippen molar-refractivity contribution in [3.05, 3.63) is 0 Å². The Morgan fingerprint density at radius 1 is 1.46 bits per heavy atom. The lowest BCUT2D eigenvalue weighted by Gasteiger charge is -2.27. The van der Waals surface area contributed by atoms with Gasteiger partial charge in [0.15, 0.2) is 18.2 Å². The van der Waals surface area contributed by atoms with Crippen LogP contribution in [0, 0.1) is 0 Å². The number of hydrogen-bond donors (Lipinski definition) is 3. The van der Waals surface area contributed by atoms with Gasteiger partial charge in [-0.15, -0.1) is 0 Å². The molecule has 7 heteroatoms. The van der Waals surface area contributed by atoms with Crippen molar-refractivity contribution >= 4 is 24.0 Å². The average Bonchev–Trinajstić information content (AvgIpc) is 2.02. The zero-order chi connectivity index (χ0) is 9.42. The number of fused-ring (bicyclic) bond motifs is 1. The largest absolute Gasteiger partial charge is 0.370 e. The highest BCUT2D eigenvalue weighted by Gasteiger charge is 2.35. The zero-order valence-corrected chi connectivity index (χ0v) is 6.52. The van der Waals surface area contributed by atoms with Gasteiger partial charge in [0.1, 0.15) is 0 Å². The van der Waals surface area contributed by atoms with E-state index in [9.17, 15) is 9.59 Å². The Morgan fingerprint density at radius 2 is 2.23 bits per heavy atom. The van der Waals surface area contributed by atoms with Gasteiger partial charge in [-0.25, -0.2) is 4.99 Å². The molecule has 0 radical (unpaired) electrons. The van der Waals surface area contributed by atoms with Crippen LogP contribution in [0.25, 0.3) is 0 Å². The molecular formula is C6H7N5O2. The number of amides is 2. The number of aliphatic imine (C=N–C) groups is 2. The number of nitrogens with two attached hydrogens (primary N) is 1. The Bertz CT molecular complexity index is 334. The number of guanidine groups is 1. The number of rotatable bonds is 0. The van der Waals surface area contributed by atoms with Gasteiger partial charge in [-0.05, 0) is 0 Å². The van der Waals surface area contributed by atoms with Gasteiger partial charge in [0.25, 0.3) is 11.8 Å². The molecular weight excluding hydrogens is 174 g/mol. The molecule has 2 heterocycles. The quantitative estimate of drug-likeness (QED) is 0.379. The predicted molar refractivity (Wildman–Crippen MR) is 44.0 cm³/mol. The molecule has 13 heavy (non-hydrogen) atoms. The average molecular weight is 181 g/mol. The van der Waals surface area contributed by atoms with Crippen molar-refractivity contribution in [2.45, 2.75) is 12.2 Å². The van der Waals surface area contributed by atoms with Crippen LogP contribution >= 0.6 is 0 Å². The second-order valence-corrected chi connectivity index (χ2v) is 2.68. The highest BCUT2D eigenvalue weighted by molar-refractivity contribution is 6.27. The van der Waals surface area contributed by atoms with E-state index >= 15 is 0 Å². The van der Waals surface area contributed by atoms with Crippen LogP contribution in [-0.4, -0.2) is 36.2 Å². The fourth-order valence-corrected chi connectivity index (χ4v) is 1.19. The summed E-state index contributed by atoms with van der Waals surface area (Å²) in [6, 6.07) is -0.690. The first-order valence-corrected chi connectivity index (χ1v) is 3.64. The lowest BCUT2D eigenvalue weighted by Crippen LogP contribution is -2.59. The molecule has 7 nitrogen and oxygen atoms in total. The number of hydrogen-bond acceptors (Lipinski definition) is 5. The molecule has 0 aromatic rings. The maximum atomic E-state index is 11.2. The van der Waals surface area contributed by atoms with Gasteiger partial charge >= 0.3 is 0 Å². The molecule has 0 saturated carbocycles. The summed E-state index contributed by atoms with van der Waals surface area (Å²) in [4.78, 5) is 29.6. The third-order valence-electron chi connectivity index (χ3n) is 1.74. The summed E-state index contributed by atoms with van der Waals surface area (Å²) < 4.78 is 0. The number of nitrogens with zero attached hydrogens (tertiary/aromatic N) is 2. The Balaban J connectivity index is 2.33. The molecule has 2 aliphatic rings. The standard InChI is InChI=1S/C6H7N5O2/c7-6-10-4-3(5(13)11-6)8-1-2(12)9-4/h1,3-4H,(H,9,12)(H3,7,10,11,13)/t3-,4+/m0/s1. The predicted octanol–water partition coefficient (Wildman–Crippen LogP) is -2.67. The molecule has 0 aromatic carbocycles. The van der Waals surface area contributed by atoms with Gasteiger partial charge in [-0.1, -0.05) is 0 Å². The number of carbonyl (C=O) groups excluding carboxylic acids is 2. The van der Waals surface area contributed by atoms with Crippen LogP contribution in [0.2, 0.25) is 0 Å². The van der Waals surface area contributed by atoms with Crippen LogP contribution < -0.4 is 16.4 Å².